The van der Waals surface area contributed by atoms with E-state index in [1.54, 1.807) is 12.1 Å². The number of aromatic nitrogens is 2. The summed E-state index contributed by atoms with van der Waals surface area (Å²) in [4.78, 5) is 31.0. The predicted molar refractivity (Wildman–Crippen MR) is 98.7 cm³/mol. The van der Waals surface area contributed by atoms with E-state index < -0.39 is 0 Å². The van der Waals surface area contributed by atoms with Crippen molar-refractivity contribution in [1.29, 1.82) is 0 Å². The number of nitrogens with zero attached hydrogens (tertiary/aromatic N) is 1. The van der Waals surface area contributed by atoms with Gasteiger partial charge in [-0.2, -0.15) is 0 Å². The summed E-state index contributed by atoms with van der Waals surface area (Å²) in [6.45, 7) is 2.23. The molecule has 1 heterocycles. The normalized spacial score (nSPS) is 14.6. The maximum atomic E-state index is 12.1. The molecule has 1 aliphatic rings. The number of carbonyl (C=O) groups excluding carboxylic acids is 1. The van der Waals surface area contributed by atoms with Gasteiger partial charge >= 0.3 is 0 Å². The third-order valence-corrected chi connectivity index (χ3v) is 4.96. The summed E-state index contributed by atoms with van der Waals surface area (Å²) in [5.74, 6) is 0.834. The Morgan fingerprint density at radius 2 is 2.08 bits per heavy atom. The monoisotopic (exact) mass is 359 g/mol. The van der Waals surface area contributed by atoms with Crippen LogP contribution in [0.4, 0.5) is 0 Å². The van der Waals surface area contributed by atoms with E-state index in [0.717, 1.165) is 24.1 Å². The van der Waals surface area contributed by atoms with Gasteiger partial charge in [-0.3, -0.25) is 9.59 Å². The van der Waals surface area contributed by atoms with Gasteiger partial charge in [0.25, 0.3) is 5.56 Å². The van der Waals surface area contributed by atoms with E-state index in [4.69, 9.17) is 11.6 Å². The van der Waals surface area contributed by atoms with Crippen molar-refractivity contribution in [2.24, 2.45) is 0 Å². The molecule has 0 radical (unpaired) electrons. The average molecular weight is 360 g/mol. The van der Waals surface area contributed by atoms with Crippen LogP contribution in [-0.2, 0) is 11.3 Å². The number of hydrogen-bond donors (Lipinski definition) is 2. The Hall–Kier alpha value is -2.14. The number of aromatic amines is 1. The van der Waals surface area contributed by atoms with Crippen LogP contribution < -0.4 is 10.9 Å². The number of halogens is 1. The molecular formula is C19H22ClN3O2. The lowest BCUT2D eigenvalue weighted by molar-refractivity contribution is -0.120. The van der Waals surface area contributed by atoms with E-state index in [2.05, 4.69) is 15.3 Å². The van der Waals surface area contributed by atoms with Crippen LogP contribution in [0.1, 0.15) is 56.2 Å². The van der Waals surface area contributed by atoms with Gasteiger partial charge in [0.05, 0.1) is 10.7 Å². The number of amides is 1. The summed E-state index contributed by atoms with van der Waals surface area (Å²) in [6, 6.07) is 7.10. The summed E-state index contributed by atoms with van der Waals surface area (Å²) in [6.07, 6.45) is 4.96. The maximum absolute atomic E-state index is 12.1. The van der Waals surface area contributed by atoms with Crippen molar-refractivity contribution in [3.63, 3.8) is 0 Å². The molecule has 1 aromatic carbocycles. The third-order valence-electron chi connectivity index (χ3n) is 4.63. The maximum Gasteiger partial charge on any atom is 0.251 e. The second-order valence-corrected chi connectivity index (χ2v) is 6.85. The molecule has 1 aromatic heterocycles. The summed E-state index contributed by atoms with van der Waals surface area (Å²) in [5.41, 5.74) is 2.28. The molecule has 6 heteroatoms. The second kappa shape index (κ2) is 7.83. The van der Waals surface area contributed by atoms with Crippen LogP contribution in [0, 0.1) is 0 Å². The predicted octanol–water partition coefficient (Wildman–Crippen LogP) is 3.77. The quantitative estimate of drug-likeness (QED) is 0.853. The van der Waals surface area contributed by atoms with Gasteiger partial charge in [0.15, 0.2) is 0 Å². The fraction of sp³-hybridized carbons (Fsp3) is 0.421. The topological polar surface area (TPSA) is 74.8 Å². The number of carbonyl (C=O) groups is 1. The van der Waals surface area contributed by atoms with Crippen molar-refractivity contribution in [3.8, 4) is 11.4 Å². The Kier molecular flexibility index (Phi) is 5.53. The van der Waals surface area contributed by atoms with Gasteiger partial charge in [0.2, 0.25) is 5.91 Å². The molecule has 2 N–H and O–H groups in total. The van der Waals surface area contributed by atoms with Crippen LogP contribution in [-0.4, -0.2) is 15.9 Å². The Balaban J connectivity index is 1.92. The highest BCUT2D eigenvalue weighted by Gasteiger charge is 2.20. The summed E-state index contributed by atoms with van der Waals surface area (Å²) >= 11 is 6.34. The number of hydrogen-bond acceptors (Lipinski definition) is 3. The van der Waals surface area contributed by atoms with Crippen molar-refractivity contribution >= 4 is 17.5 Å². The summed E-state index contributed by atoms with van der Waals surface area (Å²) in [7, 11) is 0. The molecule has 0 aliphatic heterocycles. The largest absolute Gasteiger partial charge is 0.352 e. The lowest BCUT2D eigenvalue weighted by Crippen LogP contribution is -2.21. The zero-order valence-electron chi connectivity index (χ0n) is 14.3. The first kappa shape index (κ1) is 17.7. The smallest absolute Gasteiger partial charge is 0.251 e. The standard InChI is InChI=1S/C19H22ClN3O2/c1-2-17(24)21-11-12-7-8-15(20)14(9-12)19-22-16(10-18(25)23-19)13-5-3-4-6-13/h7-10,13H,2-6,11H2,1H3,(H,21,24)(H,22,23,25). The van der Waals surface area contributed by atoms with Crippen LogP contribution in [0.2, 0.25) is 5.02 Å². The van der Waals surface area contributed by atoms with E-state index >= 15 is 0 Å². The van der Waals surface area contributed by atoms with Crippen LogP contribution >= 0.6 is 11.6 Å². The first-order valence-corrected chi connectivity index (χ1v) is 9.11. The minimum absolute atomic E-state index is 0.00809. The number of rotatable bonds is 5. The first-order chi connectivity index (χ1) is 12.1. The molecule has 1 aliphatic carbocycles. The minimum Gasteiger partial charge on any atom is -0.352 e. The number of benzene rings is 1. The van der Waals surface area contributed by atoms with Crippen molar-refractivity contribution in [2.45, 2.75) is 51.5 Å². The van der Waals surface area contributed by atoms with Gasteiger partial charge in [-0.05, 0) is 30.5 Å². The van der Waals surface area contributed by atoms with Crippen molar-refractivity contribution in [1.82, 2.24) is 15.3 Å². The van der Waals surface area contributed by atoms with Crippen LogP contribution in [0.15, 0.2) is 29.1 Å². The number of nitrogens with one attached hydrogen (secondary N) is 2. The van der Waals surface area contributed by atoms with E-state index in [9.17, 15) is 9.59 Å². The molecule has 0 saturated heterocycles. The Bertz CT molecular complexity index is 826. The van der Waals surface area contributed by atoms with Crippen LogP contribution in [0.5, 0.6) is 0 Å². The Morgan fingerprint density at radius 1 is 1.32 bits per heavy atom. The molecule has 1 saturated carbocycles. The van der Waals surface area contributed by atoms with Crippen molar-refractivity contribution in [3.05, 3.63) is 50.9 Å². The highest BCUT2D eigenvalue weighted by atomic mass is 35.5. The minimum atomic E-state index is -0.160. The van der Waals surface area contributed by atoms with E-state index in [1.165, 1.54) is 12.8 Å². The molecule has 0 unspecified atom stereocenters. The van der Waals surface area contributed by atoms with Gasteiger partial charge in [-0.15, -0.1) is 0 Å². The molecule has 132 valence electrons. The van der Waals surface area contributed by atoms with E-state index in [-0.39, 0.29) is 11.5 Å². The van der Waals surface area contributed by atoms with E-state index in [0.29, 0.717) is 35.3 Å². The third kappa shape index (κ3) is 4.28. The molecule has 5 nitrogen and oxygen atoms in total. The van der Waals surface area contributed by atoms with Gasteiger partial charge in [-0.25, -0.2) is 4.98 Å². The molecule has 1 amide bonds. The Labute approximate surface area is 151 Å². The molecule has 0 spiro atoms. The fourth-order valence-corrected chi connectivity index (χ4v) is 3.43. The van der Waals surface area contributed by atoms with E-state index in [1.807, 2.05) is 19.1 Å². The van der Waals surface area contributed by atoms with Crippen molar-refractivity contribution in [2.75, 3.05) is 0 Å². The van der Waals surface area contributed by atoms with Crippen molar-refractivity contribution < 1.29 is 4.79 Å². The molecular weight excluding hydrogens is 338 g/mol. The highest BCUT2D eigenvalue weighted by molar-refractivity contribution is 6.33. The zero-order valence-corrected chi connectivity index (χ0v) is 15.0. The first-order valence-electron chi connectivity index (χ1n) is 8.73. The molecule has 3 rings (SSSR count). The molecule has 0 bridgehead atoms. The average Bonchev–Trinajstić information content (AvgIpc) is 3.15. The molecule has 25 heavy (non-hydrogen) atoms. The highest BCUT2D eigenvalue weighted by Crippen LogP contribution is 2.33. The molecule has 0 atom stereocenters. The zero-order chi connectivity index (χ0) is 17.8. The summed E-state index contributed by atoms with van der Waals surface area (Å²) < 4.78 is 0. The SMILES string of the molecule is CCC(=O)NCc1ccc(Cl)c(-c2nc(C3CCCC3)cc(=O)[nH]2)c1. The lowest BCUT2D eigenvalue weighted by atomic mass is 10.0. The van der Waals surface area contributed by atoms with Gasteiger partial charge in [0, 0.05) is 30.5 Å². The lowest BCUT2D eigenvalue weighted by Gasteiger charge is -2.12. The summed E-state index contributed by atoms with van der Waals surface area (Å²) in [5, 5.41) is 3.37. The Morgan fingerprint density at radius 3 is 2.80 bits per heavy atom. The van der Waals surface area contributed by atoms with Crippen LogP contribution in [0.3, 0.4) is 0 Å². The van der Waals surface area contributed by atoms with Gasteiger partial charge < -0.3 is 10.3 Å². The van der Waals surface area contributed by atoms with Gasteiger partial charge in [-0.1, -0.05) is 37.4 Å². The van der Waals surface area contributed by atoms with Crippen LogP contribution in [0.25, 0.3) is 11.4 Å². The number of H-pyrrole nitrogens is 1. The fourth-order valence-electron chi connectivity index (χ4n) is 3.22. The second-order valence-electron chi connectivity index (χ2n) is 6.44. The van der Waals surface area contributed by atoms with Gasteiger partial charge in [0.1, 0.15) is 5.82 Å². The molecule has 1 fully saturated rings. The molecule has 2 aromatic rings.